The fourth-order valence-corrected chi connectivity index (χ4v) is 3.86. The number of anilines is 1. The first-order chi connectivity index (χ1) is 16.4. The van der Waals surface area contributed by atoms with Gasteiger partial charge in [-0.3, -0.25) is 14.2 Å². The van der Waals surface area contributed by atoms with Crippen molar-refractivity contribution < 1.29 is 19.0 Å². The van der Waals surface area contributed by atoms with E-state index in [2.05, 4.69) is 5.32 Å². The van der Waals surface area contributed by atoms with Gasteiger partial charge in [-0.1, -0.05) is 17.7 Å². The molecule has 1 heterocycles. The lowest BCUT2D eigenvalue weighted by atomic mass is 10.0. The van der Waals surface area contributed by atoms with E-state index in [9.17, 15) is 9.59 Å². The standard InChI is InChI=1S/C26H23ClN2O5/c1-4-34-19-10-8-18(9-11-19)29-15-22(25(30)28-17-7-5-6-16(27)12-17)20-13-23(32-2)24(33-3)14-21(20)26(29)31/h5-15H,4H2,1-3H3,(H,28,30). The second kappa shape index (κ2) is 9.89. The molecule has 4 rings (SSSR count). The number of carbonyl (C=O) groups excluding carboxylic acids is 1. The molecule has 8 heteroatoms. The fourth-order valence-electron chi connectivity index (χ4n) is 3.67. The normalized spacial score (nSPS) is 10.7. The summed E-state index contributed by atoms with van der Waals surface area (Å²) in [7, 11) is 2.99. The monoisotopic (exact) mass is 478 g/mol. The van der Waals surface area contributed by atoms with Crippen LogP contribution in [0.1, 0.15) is 17.3 Å². The van der Waals surface area contributed by atoms with Gasteiger partial charge in [-0.05, 0) is 61.5 Å². The third-order valence-electron chi connectivity index (χ3n) is 5.27. The van der Waals surface area contributed by atoms with Gasteiger partial charge in [0, 0.05) is 28.0 Å². The third kappa shape index (κ3) is 4.56. The number of halogens is 1. The summed E-state index contributed by atoms with van der Waals surface area (Å²) in [5, 5.41) is 4.09. The van der Waals surface area contributed by atoms with Crippen LogP contribution in [-0.4, -0.2) is 31.3 Å². The molecule has 7 nitrogen and oxygen atoms in total. The lowest BCUT2D eigenvalue weighted by Gasteiger charge is -2.15. The molecular formula is C26H23ClN2O5. The maximum atomic E-state index is 13.5. The number of benzene rings is 3. The maximum absolute atomic E-state index is 13.5. The van der Waals surface area contributed by atoms with Crippen molar-refractivity contribution in [2.45, 2.75) is 6.92 Å². The maximum Gasteiger partial charge on any atom is 0.263 e. The summed E-state index contributed by atoms with van der Waals surface area (Å²) in [5.74, 6) is 1.08. The van der Waals surface area contributed by atoms with Crippen molar-refractivity contribution in [3.05, 3.63) is 87.8 Å². The molecular weight excluding hydrogens is 456 g/mol. The first-order valence-electron chi connectivity index (χ1n) is 10.6. The van der Waals surface area contributed by atoms with Crippen LogP contribution in [0.15, 0.2) is 71.7 Å². The van der Waals surface area contributed by atoms with Crippen LogP contribution in [0.5, 0.6) is 17.2 Å². The van der Waals surface area contributed by atoms with Crippen LogP contribution in [-0.2, 0) is 0 Å². The summed E-state index contributed by atoms with van der Waals surface area (Å²) in [6, 6.07) is 17.1. The van der Waals surface area contributed by atoms with E-state index in [0.29, 0.717) is 51.0 Å². The first kappa shape index (κ1) is 23.2. The van der Waals surface area contributed by atoms with Crippen LogP contribution in [0.3, 0.4) is 0 Å². The van der Waals surface area contributed by atoms with E-state index in [1.165, 1.54) is 25.0 Å². The molecule has 0 aliphatic carbocycles. The summed E-state index contributed by atoms with van der Waals surface area (Å²) in [6.07, 6.45) is 1.52. The van der Waals surface area contributed by atoms with E-state index in [0.717, 1.165) is 0 Å². The smallest absolute Gasteiger partial charge is 0.263 e. The number of carbonyl (C=O) groups is 1. The van der Waals surface area contributed by atoms with E-state index < -0.39 is 5.91 Å². The highest BCUT2D eigenvalue weighted by Crippen LogP contribution is 2.33. The second-order valence-corrected chi connectivity index (χ2v) is 7.80. The minimum Gasteiger partial charge on any atom is -0.494 e. The van der Waals surface area contributed by atoms with Crippen molar-refractivity contribution in [3.8, 4) is 22.9 Å². The Morgan fingerprint density at radius 3 is 2.26 bits per heavy atom. The van der Waals surface area contributed by atoms with Gasteiger partial charge in [0.2, 0.25) is 0 Å². The zero-order valence-corrected chi connectivity index (χ0v) is 19.7. The molecule has 0 unspecified atom stereocenters. The number of nitrogens with zero attached hydrogens (tertiary/aromatic N) is 1. The van der Waals surface area contributed by atoms with Crippen molar-refractivity contribution in [2.75, 3.05) is 26.1 Å². The van der Waals surface area contributed by atoms with Crippen LogP contribution in [0.4, 0.5) is 5.69 Å². The van der Waals surface area contributed by atoms with Crippen molar-refractivity contribution in [2.24, 2.45) is 0 Å². The molecule has 34 heavy (non-hydrogen) atoms. The van der Waals surface area contributed by atoms with E-state index in [4.69, 9.17) is 25.8 Å². The predicted octanol–water partition coefficient (Wildman–Crippen LogP) is 5.31. The predicted molar refractivity (Wildman–Crippen MR) is 133 cm³/mol. The largest absolute Gasteiger partial charge is 0.494 e. The average molecular weight is 479 g/mol. The molecule has 3 aromatic carbocycles. The Bertz CT molecular complexity index is 1410. The quantitative estimate of drug-likeness (QED) is 0.389. The number of pyridine rings is 1. The summed E-state index contributed by atoms with van der Waals surface area (Å²) in [4.78, 5) is 26.8. The Labute approximate surface area is 201 Å². The molecule has 0 atom stereocenters. The Morgan fingerprint density at radius 1 is 0.971 bits per heavy atom. The highest BCUT2D eigenvalue weighted by atomic mass is 35.5. The topological polar surface area (TPSA) is 78.8 Å². The van der Waals surface area contributed by atoms with E-state index >= 15 is 0 Å². The minimum absolute atomic E-state index is 0.282. The van der Waals surface area contributed by atoms with Gasteiger partial charge in [0.05, 0.1) is 31.8 Å². The second-order valence-electron chi connectivity index (χ2n) is 7.36. The lowest BCUT2D eigenvalue weighted by molar-refractivity contribution is 0.102. The highest BCUT2D eigenvalue weighted by Gasteiger charge is 2.19. The summed E-state index contributed by atoms with van der Waals surface area (Å²) >= 11 is 6.07. The number of nitrogens with one attached hydrogen (secondary N) is 1. The van der Waals surface area contributed by atoms with Crippen molar-refractivity contribution in [3.63, 3.8) is 0 Å². The minimum atomic E-state index is -0.404. The molecule has 0 aliphatic rings. The molecule has 0 bridgehead atoms. The van der Waals surface area contributed by atoms with Gasteiger partial charge in [-0.15, -0.1) is 0 Å². The summed E-state index contributed by atoms with van der Waals surface area (Å²) < 4.78 is 17.7. The number of hydrogen-bond acceptors (Lipinski definition) is 5. The summed E-state index contributed by atoms with van der Waals surface area (Å²) in [6.45, 7) is 2.43. The van der Waals surface area contributed by atoms with E-state index in [1.54, 1.807) is 60.7 Å². The van der Waals surface area contributed by atoms with Crippen molar-refractivity contribution in [1.29, 1.82) is 0 Å². The number of amides is 1. The average Bonchev–Trinajstić information content (AvgIpc) is 2.84. The SMILES string of the molecule is CCOc1ccc(-n2cc(C(=O)Nc3cccc(Cl)c3)c3cc(OC)c(OC)cc3c2=O)cc1. The number of aromatic nitrogens is 1. The first-order valence-corrected chi connectivity index (χ1v) is 10.9. The van der Waals surface area contributed by atoms with E-state index in [-0.39, 0.29) is 11.1 Å². The number of rotatable bonds is 7. The van der Waals surface area contributed by atoms with Crippen LogP contribution in [0, 0.1) is 0 Å². The molecule has 174 valence electrons. The molecule has 1 aromatic heterocycles. The Kier molecular flexibility index (Phi) is 6.75. The van der Waals surface area contributed by atoms with Gasteiger partial charge in [0.1, 0.15) is 5.75 Å². The van der Waals surface area contributed by atoms with E-state index in [1.807, 2.05) is 6.92 Å². The highest BCUT2D eigenvalue weighted by molar-refractivity contribution is 6.31. The molecule has 4 aromatic rings. The summed E-state index contributed by atoms with van der Waals surface area (Å²) in [5.41, 5.74) is 1.09. The van der Waals surface area contributed by atoms with Crippen LogP contribution in [0.25, 0.3) is 16.5 Å². The zero-order chi connectivity index (χ0) is 24.2. The van der Waals surface area contributed by atoms with Crippen LogP contribution < -0.4 is 25.1 Å². The zero-order valence-electron chi connectivity index (χ0n) is 18.9. The third-order valence-corrected chi connectivity index (χ3v) is 5.51. The van der Waals surface area contributed by atoms with Crippen LogP contribution in [0.2, 0.25) is 5.02 Å². The molecule has 1 amide bonds. The molecule has 1 N–H and O–H groups in total. The van der Waals surface area contributed by atoms with Crippen LogP contribution >= 0.6 is 11.6 Å². The number of ether oxygens (including phenoxy) is 3. The van der Waals surface area contributed by atoms with Crippen molar-refractivity contribution >= 4 is 34.0 Å². The number of hydrogen-bond donors (Lipinski definition) is 1. The lowest BCUT2D eigenvalue weighted by Crippen LogP contribution is -2.23. The van der Waals surface area contributed by atoms with Gasteiger partial charge < -0.3 is 19.5 Å². The van der Waals surface area contributed by atoms with Gasteiger partial charge in [0.15, 0.2) is 11.5 Å². The fraction of sp³-hybridized carbons (Fsp3) is 0.154. The van der Waals surface area contributed by atoms with Gasteiger partial charge >= 0.3 is 0 Å². The molecule has 0 aliphatic heterocycles. The molecule has 0 saturated carbocycles. The Balaban J connectivity index is 1.92. The van der Waals surface area contributed by atoms with Gasteiger partial charge in [0.25, 0.3) is 11.5 Å². The molecule has 0 radical (unpaired) electrons. The Morgan fingerprint density at radius 2 is 1.65 bits per heavy atom. The van der Waals surface area contributed by atoms with Gasteiger partial charge in [-0.2, -0.15) is 0 Å². The van der Waals surface area contributed by atoms with Gasteiger partial charge in [-0.25, -0.2) is 0 Å². The Hall–Kier alpha value is -3.97. The molecule has 0 spiro atoms. The number of fused-ring (bicyclic) bond motifs is 1. The molecule has 0 fully saturated rings. The number of methoxy groups -OCH3 is 2. The molecule has 0 saturated heterocycles. The van der Waals surface area contributed by atoms with Crippen molar-refractivity contribution in [1.82, 2.24) is 4.57 Å².